The van der Waals surface area contributed by atoms with Crippen molar-refractivity contribution in [3.63, 3.8) is 0 Å². The molecule has 8 nitrogen and oxygen atoms in total. The van der Waals surface area contributed by atoms with Crippen LogP contribution in [0.25, 0.3) is 32.2 Å². The topological polar surface area (TPSA) is 92.3 Å². The summed E-state index contributed by atoms with van der Waals surface area (Å²) in [6.45, 7) is 6.31. The van der Waals surface area contributed by atoms with Gasteiger partial charge in [0.2, 0.25) is 5.88 Å². The predicted molar refractivity (Wildman–Crippen MR) is 163 cm³/mol. The molecule has 1 fully saturated rings. The Balaban J connectivity index is 1.39. The van der Waals surface area contributed by atoms with Gasteiger partial charge in [0.15, 0.2) is 0 Å². The highest BCUT2D eigenvalue weighted by Crippen LogP contribution is 2.41. The molecule has 0 radical (unpaired) electrons. The van der Waals surface area contributed by atoms with Gasteiger partial charge in [0, 0.05) is 55.8 Å². The Hall–Kier alpha value is -2.66. The lowest BCUT2D eigenvalue weighted by atomic mass is 10.1. The molecule has 0 spiro atoms. The van der Waals surface area contributed by atoms with E-state index in [-0.39, 0.29) is 11.9 Å². The van der Waals surface area contributed by atoms with E-state index in [4.69, 9.17) is 9.72 Å². The second-order valence-corrected chi connectivity index (χ2v) is 12.1. The molecule has 5 heterocycles. The highest BCUT2D eigenvalue weighted by atomic mass is 127. The van der Waals surface area contributed by atoms with Crippen molar-refractivity contribution in [2.45, 2.75) is 25.8 Å². The van der Waals surface area contributed by atoms with E-state index in [1.54, 1.807) is 0 Å². The van der Waals surface area contributed by atoms with Gasteiger partial charge in [0.25, 0.3) is 5.91 Å². The lowest BCUT2D eigenvalue weighted by molar-refractivity contribution is 0.0949. The van der Waals surface area contributed by atoms with Gasteiger partial charge in [-0.3, -0.25) is 9.69 Å². The third-order valence-electron chi connectivity index (χ3n) is 6.79. The first-order valence-corrected chi connectivity index (χ1v) is 16.7. The number of amides is 1. The molecule has 1 saturated heterocycles. The molecule has 2 aliphatic heterocycles. The van der Waals surface area contributed by atoms with Crippen molar-refractivity contribution < 1.29 is 9.53 Å². The number of halogens is 1. The fourth-order valence-corrected chi connectivity index (χ4v) is 6.53. The summed E-state index contributed by atoms with van der Waals surface area (Å²) in [5.74, 6) is 3.46. The van der Waals surface area contributed by atoms with E-state index in [1.165, 1.54) is 33.1 Å². The number of anilines is 1. The third-order valence-corrected chi connectivity index (χ3v) is 8.78. The second-order valence-electron chi connectivity index (χ2n) is 9.41. The molecule has 2 aliphatic rings. The maximum atomic E-state index is 12.8. The van der Waals surface area contributed by atoms with E-state index in [1.807, 2.05) is 31.2 Å². The normalized spacial score (nSPS) is 17.4. The molecular formula is C27H25IN6O2S2. The molecule has 0 saturated carbocycles. The summed E-state index contributed by atoms with van der Waals surface area (Å²) in [6.07, 6.45) is 2.49. The monoisotopic (exact) mass is 656 g/mol. The highest BCUT2D eigenvalue weighted by molar-refractivity contribution is 14.2. The summed E-state index contributed by atoms with van der Waals surface area (Å²) in [4.78, 5) is 20.9. The Labute approximate surface area is 240 Å². The Morgan fingerprint density at radius 2 is 2.11 bits per heavy atom. The fourth-order valence-electron chi connectivity index (χ4n) is 4.96. The van der Waals surface area contributed by atoms with Crippen LogP contribution >= 0.6 is 41.5 Å². The number of nitrogens with one attached hydrogen (secondary N) is 2. The minimum Gasteiger partial charge on any atom is -0.475 e. The third kappa shape index (κ3) is 5.14. The van der Waals surface area contributed by atoms with Gasteiger partial charge in [0.1, 0.15) is 17.2 Å². The molecule has 1 aromatic carbocycles. The van der Waals surface area contributed by atoms with Crippen LogP contribution in [0.15, 0.2) is 30.3 Å². The van der Waals surface area contributed by atoms with Crippen molar-refractivity contribution in [2.24, 2.45) is 0 Å². The van der Waals surface area contributed by atoms with Crippen LogP contribution in [0.3, 0.4) is 0 Å². The minimum atomic E-state index is -0.0340. The van der Waals surface area contributed by atoms with Gasteiger partial charge in [-0.15, -0.1) is 21.5 Å². The minimum absolute atomic E-state index is 0.0340. The summed E-state index contributed by atoms with van der Waals surface area (Å²) in [6, 6.07) is 10.1. The van der Waals surface area contributed by atoms with Gasteiger partial charge in [-0.2, -0.15) is 0 Å². The quantitative estimate of drug-likeness (QED) is 0.221. The van der Waals surface area contributed by atoms with E-state index < -0.39 is 0 Å². The Kier molecular flexibility index (Phi) is 7.56. The number of likely N-dealkylation sites (tertiary alicyclic amines) is 1. The molecular weight excluding hydrogens is 631 g/mol. The molecule has 0 bridgehead atoms. The van der Waals surface area contributed by atoms with Gasteiger partial charge >= 0.3 is 0 Å². The number of rotatable bonds is 5. The number of pyridine rings is 1. The van der Waals surface area contributed by atoms with E-state index in [2.05, 4.69) is 64.2 Å². The molecule has 4 aromatic rings. The highest BCUT2D eigenvalue weighted by Gasteiger charge is 2.25. The molecule has 1 amide bonds. The van der Waals surface area contributed by atoms with Gasteiger partial charge in [0.05, 0.1) is 22.5 Å². The molecule has 194 valence electrons. The largest absolute Gasteiger partial charge is 0.475 e. The van der Waals surface area contributed by atoms with Crippen molar-refractivity contribution in [1.82, 2.24) is 25.4 Å². The number of thiophene rings is 1. The van der Waals surface area contributed by atoms with Gasteiger partial charge < -0.3 is 15.4 Å². The van der Waals surface area contributed by atoms with E-state index in [0.29, 0.717) is 29.6 Å². The van der Waals surface area contributed by atoms with Crippen LogP contribution < -0.4 is 15.4 Å². The van der Waals surface area contributed by atoms with Crippen LogP contribution in [0, 0.1) is 11.2 Å². The average molecular weight is 657 g/mol. The maximum absolute atomic E-state index is 12.8. The van der Waals surface area contributed by atoms with Crippen LogP contribution in [-0.2, 0) is 0 Å². The van der Waals surface area contributed by atoms with Gasteiger partial charge in [-0.05, 0) is 83.3 Å². The Bertz CT molecular complexity index is 1590. The number of aromatic nitrogens is 3. The number of hydrogen-bond acceptors (Lipinski definition) is 9. The SMILES string of the molecule is C[C@@H]1CNc2c(sc3ccc4nc(-c5cc(C#CSI)nnc5OCCN5CCCC5)ccc4c23)C(=O)N1. The van der Waals surface area contributed by atoms with Crippen molar-refractivity contribution in [2.75, 3.05) is 38.1 Å². The number of hydrogen-bond donors (Lipinski definition) is 2. The molecule has 11 heteroatoms. The molecule has 38 heavy (non-hydrogen) atoms. The number of carbonyl (C=O) groups is 1. The molecule has 6 rings (SSSR count). The summed E-state index contributed by atoms with van der Waals surface area (Å²) in [7, 11) is 1.40. The summed E-state index contributed by atoms with van der Waals surface area (Å²) in [5.41, 5.74) is 3.80. The van der Waals surface area contributed by atoms with Crippen molar-refractivity contribution in [3.8, 4) is 28.3 Å². The number of carbonyl (C=O) groups excluding carboxylic acids is 1. The van der Waals surface area contributed by atoms with Gasteiger partial charge in [-0.25, -0.2) is 4.98 Å². The first kappa shape index (κ1) is 25.6. The smallest absolute Gasteiger partial charge is 0.263 e. The zero-order valence-corrected chi connectivity index (χ0v) is 24.5. The predicted octanol–water partition coefficient (Wildman–Crippen LogP) is 5.32. The molecule has 0 unspecified atom stereocenters. The lowest BCUT2D eigenvalue weighted by Gasteiger charge is -2.15. The Morgan fingerprint density at radius 1 is 1.24 bits per heavy atom. The molecule has 2 N–H and O–H groups in total. The number of nitrogens with zero attached hydrogens (tertiary/aromatic N) is 4. The first-order chi connectivity index (χ1) is 18.6. The van der Waals surface area contributed by atoms with Crippen molar-refractivity contribution in [3.05, 3.63) is 40.9 Å². The van der Waals surface area contributed by atoms with Crippen LogP contribution in [-0.4, -0.2) is 64.8 Å². The van der Waals surface area contributed by atoms with Crippen molar-refractivity contribution in [1.29, 1.82) is 0 Å². The van der Waals surface area contributed by atoms with Crippen LogP contribution in [0.1, 0.15) is 35.1 Å². The maximum Gasteiger partial charge on any atom is 0.263 e. The lowest BCUT2D eigenvalue weighted by Crippen LogP contribution is -2.34. The Morgan fingerprint density at radius 3 is 2.95 bits per heavy atom. The summed E-state index contributed by atoms with van der Waals surface area (Å²) in [5, 5.41) is 20.2. The standard InChI is InChI=1S/C27H25IN6O2S2/c1-16-15-29-24-23-18-4-5-21(31-20(18)6-7-22(23)38-25(24)26(35)30-16)19-14-17(8-13-37-28)32-33-27(19)36-12-11-34-9-2-3-10-34/h4-7,14,16,29H,2-3,9-12,15H2,1H3,(H,30,35)/t16-/m1/s1. The van der Waals surface area contributed by atoms with Crippen LogP contribution in [0.5, 0.6) is 5.88 Å². The molecule has 1 atom stereocenters. The number of ether oxygens (including phenoxy) is 1. The second kappa shape index (κ2) is 11.2. The fraction of sp³-hybridized carbons (Fsp3) is 0.333. The van der Waals surface area contributed by atoms with Crippen molar-refractivity contribution >= 4 is 74.1 Å². The zero-order valence-electron chi connectivity index (χ0n) is 20.7. The number of fused-ring (bicyclic) bond motifs is 5. The van der Waals surface area contributed by atoms with Crippen LogP contribution in [0.4, 0.5) is 5.69 Å². The van der Waals surface area contributed by atoms with E-state index in [9.17, 15) is 4.79 Å². The van der Waals surface area contributed by atoms with E-state index in [0.717, 1.165) is 57.6 Å². The van der Waals surface area contributed by atoms with Crippen LogP contribution in [0.2, 0.25) is 0 Å². The summed E-state index contributed by atoms with van der Waals surface area (Å²) < 4.78 is 7.19. The van der Waals surface area contributed by atoms with E-state index >= 15 is 0 Å². The molecule has 3 aromatic heterocycles. The molecule has 0 aliphatic carbocycles. The zero-order chi connectivity index (χ0) is 26.1. The average Bonchev–Trinajstić information content (AvgIpc) is 3.56. The number of benzene rings is 1. The van der Waals surface area contributed by atoms with Gasteiger partial charge in [-0.1, -0.05) is 0 Å². The summed E-state index contributed by atoms with van der Waals surface area (Å²) >= 11 is 3.64. The first-order valence-electron chi connectivity index (χ1n) is 12.5.